The minimum atomic E-state index is 0.00551. The topological polar surface area (TPSA) is 38.3 Å². The summed E-state index contributed by atoms with van der Waals surface area (Å²) in [6, 6.07) is 0. The lowest BCUT2D eigenvalue weighted by molar-refractivity contribution is -0.118. The SMILES string of the molecule is C#CCNC(=O)CSC[C@@H]1CCCO1. The van der Waals surface area contributed by atoms with Crippen LogP contribution in [0.1, 0.15) is 12.8 Å². The minimum absolute atomic E-state index is 0.00551. The molecule has 1 heterocycles. The highest BCUT2D eigenvalue weighted by atomic mass is 32.2. The van der Waals surface area contributed by atoms with Crippen LogP contribution in [-0.4, -0.2) is 36.7 Å². The zero-order chi connectivity index (χ0) is 10.2. The second-order valence-corrected chi connectivity index (χ2v) is 4.16. The van der Waals surface area contributed by atoms with Gasteiger partial charge >= 0.3 is 0 Å². The largest absolute Gasteiger partial charge is 0.377 e. The molecule has 0 aromatic rings. The van der Waals surface area contributed by atoms with Gasteiger partial charge in [0.2, 0.25) is 5.91 Å². The molecule has 0 aliphatic carbocycles. The third kappa shape index (κ3) is 4.54. The summed E-state index contributed by atoms with van der Waals surface area (Å²) >= 11 is 1.60. The summed E-state index contributed by atoms with van der Waals surface area (Å²) in [6.45, 7) is 1.19. The fraction of sp³-hybridized carbons (Fsp3) is 0.700. The second kappa shape index (κ2) is 6.74. The van der Waals surface area contributed by atoms with E-state index < -0.39 is 0 Å². The van der Waals surface area contributed by atoms with Gasteiger partial charge in [0, 0.05) is 12.4 Å². The third-order valence-corrected chi connectivity index (χ3v) is 3.02. The Kier molecular flexibility index (Phi) is 5.50. The Morgan fingerprint density at radius 3 is 3.21 bits per heavy atom. The van der Waals surface area contributed by atoms with Gasteiger partial charge in [-0.25, -0.2) is 0 Å². The molecule has 1 aliphatic rings. The Balaban J connectivity index is 1.97. The van der Waals surface area contributed by atoms with Gasteiger partial charge in [-0.3, -0.25) is 4.79 Å². The molecule has 1 N–H and O–H groups in total. The van der Waals surface area contributed by atoms with Gasteiger partial charge in [-0.05, 0) is 12.8 Å². The highest BCUT2D eigenvalue weighted by Crippen LogP contribution is 2.16. The number of nitrogens with one attached hydrogen (secondary N) is 1. The smallest absolute Gasteiger partial charge is 0.230 e. The van der Waals surface area contributed by atoms with E-state index in [2.05, 4.69) is 11.2 Å². The van der Waals surface area contributed by atoms with E-state index in [4.69, 9.17) is 11.2 Å². The van der Waals surface area contributed by atoms with Crippen LogP contribution in [0.15, 0.2) is 0 Å². The number of hydrogen-bond donors (Lipinski definition) is 1. The van der Waals surface area contributed by atoms with Crippen LogP contribution in [0.2, 0.25) is 0 Å². The van der Waals surface area contributed by atoms with Gasteiger partial charge in [0.15, 0.2) is 0 Å². The van der Waals surface area contributed by atoms with Gasteiger partial charge in [0.05, 0.1) is 18.4 Å². The van der Waals surface area contributed by atoms with Gasteiger partial charge in [-0.1, -0.05) is 5.92 Å². The van der Waals surface area contributed by atoms with Crippen LogP contribution in [0.25, 0.3) is 0 Å². The summed E-state index contributed by atoms with van der Waals surface area (Å²) < 4.78 is 5.43. The van der Waals surface area contributed by atoms with E-state index in [1.807, 2.05) is 0 Å². The standard InChI is InChI=1S/C10H15NO2S/c1-2-5-11-10(12)8-14-7-9-4-3-6-13-9/h1,9H,3-8H2,(H,11,12)/t9-/m0/s1. The normalized spacial score (nSPS) is 20.4. The van der Waals surface area contributed by atoms with Gasteiger partial charge in [-0.2, -0.15) is 0 Å². The van der Waals surface area contributed by atoms with Crippen molar-refractivity contribution in [3.63, 3.8) is 0 Å². The minimum Gasteiger partial charge on any atom is -0.377 e. The molecule has 14 heavy (non-hydrogen) atoms. The first-order valence-electron chi connectivity index (χ1n) is 4.72. The third-order valence-electron chi connectivity index (χ3n) is 1.95. The van der Waals surface area contributed by atoms with Crippen LogP contribution in [0, 0.1) is 12.3 Å². The molecule has 1 atom stereocenters. The van der Waals surface area contributed by atoms with Crippen molar-refractivity contribution in [1.82, 2.24) is 5.32 Å². The van der Waals surface area contributed by atoms with Crippen LogP contribution >= 0.6 is 11.8 Å². The van der Waals surface area contributed by atoms with Gasteiger partial charge < -0.3 is 10.1 Å². The number of amides is 1. The molecule has 78 valence electrons. The maximum absolute atomic E-state index is 11.1. The molecule has 0 aromatic heterocycles. The van der Waals surface area contributed by atoms with Crippen LogP contribution in [0.3, 0.4) is 0 Å². The fourth-order valence-corrected chi connectivity index (χ4v) is 2.19. The molecular weight excluding hydrogens is 198 g/mol. The number of rotatable bonds is 5. The van der Waals surface area contributed by atoms with Crippen molar-refractivity contribution in [2.75, 3.05) is 24.7 Å². The molecule has 0 saturated carbocycles. The summed E-state index contributed by atoms with van der Waals surface area (Å²) in [4.78, 5) is 11.1. The van der Waals surface area contributed by atoms with Crippen molar-refractivity contribution in [2.24, 2.45) is 0 Å². The lowest BCUT2D eigenvalue weighted by atomic mass is 10.3. The molecule has 1 fully saturated rings. The highest BCUT2D eigenvalue weighted by Gasteiger charge is 2.15. The molecule has 1 amide bonds. The van der Waals surface area contributed by atoms with Gasteiger partial charge in [0.1, 0.15) is 0 Å². The summed E-state index contributed by atoms with van der Waals surface area (Å²) in [5, 5.41) is 2.62. The van der Waals surface area contributed by atoms with E-state index in [1.54, 1.807) is 11.8 Å². The zero-order valence-electron chi connectivity index (χ0n) is 8.12. The molecule has 0 radical (unpaired) electrons. The van der Waals surface area contributed by atoms with Crippen LogP contribution < -0.4 is 5.32 Å². The maximum Gasteiger partial charge on any atom is 0.230 e. The quantitative estimate of drug-likeness (QED) is 0.681. The molecule has 0 bridgehead atoms. The van der Waals surface area contributed by atoms with Crippen molar-refractivity contribution < 1.29 is 9.53 Å². The first kappa shape index (κ1) is 11.4. The summed E-state index contributed by atoms with van der Waals surface area (Å²) in [7, 11) is 0. The van der Waals surface area contributed by atoms with Gasteiger partial charge in [-0.15, -0.1) is 18.2 Å². The monoisotopic (exact) mass is 213 g/mol. The predicted molar refractivity (Wildman–Crippen MR) is 58.1 cm³/mol. The van der Waals surface area contributed by atoms with Crippen molar-refractivity contribution >= 4 is 17.7 Å². The Labute approximate surface area is 89.0 Å². The van der Waals surface area contributed by atoms with E-state index in [0.29, 0.717) is 18.4 Å². The number of terminal acetylenes is 1. The maximum atomic E-state index is 11.1. The molecule has 0 spiro atoms. The zero-order valence-corrected chi connectivity index (χ0v) is 8.94. The number of hydrogen-bond acceptors (Lipinski definition) is 3. The molecule has 1 aliphatic heterocycles. The molecule has 0 aromatic carbocycles. The average molecular weight is 213 g/mol. The lowest BCUT2D eigenvalue weighted by Gasteiger charge is -2.07. The summed E-state index contributed by atoms with van der Waals surface area (Å²) in [5.74, 6) is 3.75. The van der Waals surface area contributed by atoms with Gasteiger partial charge in [0.25, 0.3) is 0 Å². The van der Waals surface area contributed by atoms with Crippen LogP contribution in [0.4, 0.5) is 0 Å². The molecule has 1 saturated heterocycles. The van der Waals surface area contributed by atoms with Crippen molar-refractivity contribution in [3.05, 3.63) is 0 Å². The molecule has 3 nitrogen and oxygen atoms in total. The first-order chi connectivity index (χ1) is 6.83. The fourth-order valence-electron chi connectivity index (χ4n) is 1.26. The van der Waals surface area contributed by atoms with E-state index in [0.717, 1.165) is 25.2 Å². The van der Waals surface area contributed by atoms with Crippen molar-refractivity contribution in [1.29, 1.82) is 0 Å². The van der Waals surface area contributed by atoms with Crippen LogP contribution in [0.5, 0.6) is 0 Å². The molecule has 1 rings (SSSR count). The number of carbonyl (C=O) groups is 1. The summed E-state index contributed by atoms with van der Waals surface area (Å²) in [5.41, 5.74) is 0. The second-order valence-electron chi connectivity index (χ2n) is 3.13. The van der Waals surface area contributed by atoms with Crippen LogP contribution in [-0.2, 0) is 9.53 Å². The Morgan fingerprint density at radius 2 is 2.57 bits per heavy atom. The highest BCUT2D eigenvalue weighted by molar-refractivity contribution is 7.99. The van der Waals surface area contributed by atoms with E-state index in [9.17, 15) is 4.79 Å². The van der Waals surface area contributed by atoms with Crippen molar-refractivity contribution in [3.8, 4) is 12.3 Å². The molecular formula is C10H15NO2S. The number of ether oxygens (including phenoxy) is 1. The molecule has 0 unspecified atom stereocenters. The average Bonchev–Trinajstić information content (AvgIpc) is 2.67. The number of carbonyl (C=O) groups excluding carboxylic acids is 1. The molecule has 4 heteroatoms. The van der Waals surface area contributed by atoms with E-state index >= 15 is 0 Å². The summed E-state index contributed by atoms with van der Waals surface area (Å²) in [6.07, 6.45) is 7.63. The Morgan fingerprint density at radius 1 is 1.71 bits per heavy atom. The number of thioether (sulfide) groups is 1. The lowest BCUT2D eigenvalue weighted by Crippen LogP contribution is -2.26. The van der Waals surface area contributed by atoms with Crippen molar-refractivity contribution in [2.45, 2.75) is 18.9 Å². The Hall–Kier alpha value is -0.660. The Bertz CT molecular complexity index is 219. The van der Waals surface area contributed by atoms with E-state index in [1.165, 1.54) is 0 Å². The first-order valence-corrected chi connectivity index (χ1v) is 5.88. The van der Waals surface area contributed by atoms with E-state index in [-0.39, 0.29) is 5.91 Å². The predicted octanol–water partition coefficient (Wildman–Crippen LogP) is 0.648.